The Labute approximate surface area is 122 Å². The van der Waals surface area contributed by atoms with E-state index in [0.717, 1.165) is 18.1 Å². The number of hydrogen-bond donors (Lipinski definition) is 0. The maximum atomic E-state index is 12.3. The van der Waals surface area contributed by atoms with E-state index in [4.69, 9.17) is 13.9 Å². The van der Waals surface area contributed by atoms with Gasteiger partial charge in [-0.2, -0.15) is 0 Å². The third-order valence-corrected chi connectivity index (χ3v) is 9.11. The van der Waals surface area contributed by atoms with E-state index in [-0.39, 0.29) is 11.9 Å². The highest BCUT2D eigenvalue weighted by Crippen LogP contribution is 2.34. The van der Waals surface area contributed by atoms with Crippen molar-refractivity contribution in [1.29, 1.82) is 0 Å². The number of hydrogen-bond acceptors (Lipinski definition) is 4. The third kappa shape index (κ3) is 2.91. The average Bonchev–Trinajstić information content (AvgIpc) is 2.41. The Bertz CT molecular complexity index is 392. The first-order valence-electron chi connectivity index (χ1n) is 7.62. The Morgan fingerprint density at radius 3 is 2.30 bits per heavy atom. The number of Topliss-reactive ketones (excluding diaryl/α,β-unsaturated/α-hetero) is 1. The molecule has 0 unspecified atom stereocenters. The zero-order valence-corrected chi connectivity index (χ0v) is 14.1. The SMILES string of the molecule is CC[Si](CC)(CC)O[C@@H]1C=C[C@@H]2OC(C)(C)O[C@H]1C2=O. The second-order valence-corrected chi connectivity index (χ2v) is 10.8. The van der Waals surface area contributed by atoms with Crippen LogP contribution in [0.1, 0.15) is 34.6 Å². The maximum absolute atomic E-state index is 12.3. The summed E-state index contributed by atoms with van der Waals surface area (Å²) in [5.41, 5.74) is 0. The molecule has 114 valence electrons. The summed E-state index contributed by atoms with van der Waals surface area (Å²) in [6.07, 6.45) is 2.52. The highest BCUT2D eigenvalue weighted by molar-refractivity contribution is 6.73. The van der Waals surface area contributed by atoms with Gasteiger partial charge in [0.15, 0.2) is 26.0 Å². The van der Waals surface area contributed by atoms with Crippen molar-refractivity contribution in [2.75, 3.05) is 0 Å². The van der Waals surface area contributed by atoms with Crippen LogP contribution in [0.4, 0.5) is 0 Å². The molecule has 0 spiro atoms. The summed E-state index contributed by atoms with van der Waals surface area (Å²) in [5, 5.41) is 0. The molecule has 1 fully saturated rings. The van der Waals surface area contributed by atoms with Crippen molar-refractivity contribution in [3.63, 3.8) is 0 Å². The molecule has 1 saturated heterocycles. The van der Waals surface area contributed by atoms with Crippen LogP contribution in [0.5, 0.6) is 0 Å². The van der Waals surface area contributed by atoms with Gasteiger partial charge in [-0.3, -0.25) is 4.79 Å². The van der Waals surface area contributed by atoms with Crippen molar-refractivity contribution in [3.05, 3.63) is 12.2 Å². The molecular weight excluding hydrogens is 272 g/mol. The predicted octanol–water partition coefficient (Wildman–Crippen LogP) is 3.04. The third-order valence-electron chi connectivity index (χ3n) is 4.48. The van der Waals surface area contributed by atoms with Crippen LogP contribution in [0.3, 0.4) is 0 Å². The van der Waals surface area contributed by atoms with E-state index in [2.05, 4.69) is 20.8 Å². The predicted molar refractivity (Wildman–Crippen MR) is 80.0 cm³/mol. The summed E-state index contributed by atoms with van der Waals surface area (Å²) < 4.78 is 17.9. The maximum Gasteiger partial charge on any atom is 0.197 e. The minimum absolute atomic E-state index is 0.0111. The Morgan fingerprint density at radius 2 is 1.75 bits per heavy atom. The minimum Gasteiger partial charge on any atom is -0.407 e. The molecule has 2 bridgehead atoms. The van der Waals surface area contributed by atoms with Crippen LogP contribution in [0, 0.1) is 0 Å². The monoisotopic (exact) mass is 298 g/mol. The highest BCUT2D eigenvalue weighted by atomic mass is 28.4. The lowest BCUT2D eigenvalue weighted by Crippen LogP contribution is -2.59. The number of carbonyl (C=O) groups is 1. The van der Waals surface area contributed by atoms with Crippen molar-refractivity contribution < 1.29 is 18.7 Å². The molecular formula is C15H26O4Si. The van der Waals surface area contributed by atoms with Gasteiger partial charge in [0, 0.05) is 0 Å². The van der Waals surface area contributed by atoms with E-state index in [1.54, 1.807) is 0 Å². The number of rotatable bonds is 5. The number of ether oxygens (including phenoxy) is 2. The van der Waals surface area contributed by atoms with Gasteiger partial charge in [-0.1, -0.05) is 26.8 Å². The molecule has 0 aromatic carbocycles. The topological polar surface area (TPSA) is 44.8 Å². The fourth-order valence-electron chi connectivity index (χ4n) is 2.98. The zero-order chi connectivity index (χ0) is 15.0. The summed E-state index contributed by atoms with van der Waals surface area (Å²) in [6.45, 7) is 10.3. The fourth-order valence-corrected chi connectivity index (χ4v) is 5.76. The summed E-state index contributed by atoms with van der Waals surface area (Å²) in [4.78, 5) is 12.3. The Kier molecular flexibility index (Phi) is 4.54. The number of carbonyl (C=O) groups excluding carboxylic acids is 1. The van der Waals surface area contributed by atoms with Crippen molar-refractivity contribution >= 4 is 14.1 Å². The number of fused-ring (bicyclic) bond motifs is 2. The Balaban J connectivity index is 2.21. The first kappa shape index (κ1) is 15.9. The van der Waals surface area contributed by atoms with Gasteiger partial charge in [-0.05, 0) is 38.1 Å². The first-order chi connectivity index (χ1) is 9.36. The van der Waals surface area contributed by atoms with Crippen LogP contribution < -0.4 is 0 Å². The lowest BCUT2D eigenvalue weighted by Gasteiger charge is -2.45. The van der Waals surface area contributed by atoms with Gasteiger partial charge in [0.05, 0.1) is 6.10 Å². The quantitative estimate of drug-likeness (QED) is 0.578. The van der Waals surface area contributed by atoms with Gasteiger partial charge in [0.25, 0.3) is 0 Å². The van der Waals surface area contributed by atoms with Crippen LogP contribution >= 0.6 is 0 Å². The molecule has 1 heterocycles. The van der Waals surface area contributed by atoms with E-state index < -0.39 is 26.3 Å². The van der Waals surface area contributed by atoms with Gasteiger partial charge in [-0.15, -0.1) is 0 Å². The Morgan fingerprint density at radius 1 is 1.15 bits per heavy atom. The van der Waals surface area contributed by atoms with E-state index in [1.807, 2.05) is 26.0 Å². The molecule has 4 nitrogen and oxygen atoms in total. The van der Waals surface area contributed by atoms with Crippen molar-refractivity contribution in [2.45, 2.75) is 76.8 Å². The van der Waals surface area contributed by atoms with Gasteiger partial charge in [-0.25, -0.2) is 0 Å². The molecule has 20 heavy (non-hydrogen) atoms. The second kappa shape index (κ2) is 5.71. The van der Waals surface area contributed by atoms with Crippen molar-refractivity contribution in [3.8, 4) is 0 Å². The first-order valence-corrected chi connectivity index (χ1v) is 10.1. The molecule has 3 atom stereocenters. The zero-order valence-electron chi connectivity index (χ0n) is 13.1. The average molecular weight is 298 g/mol. The molecule has 0 N–H and O–H groups in total. The molecule has 1 aliphatic heterocycles. The van der Waals surface area contributed by atoms with Crippen molar-refractivity contribution in [2.24, 2.45) is 0 Å². The standard InChI is InChI=1S/C15H26O4Si/c1-6-20(7-2,8-3)19-12-10-9-11-13(16)14(12)18-15(4,5)17-11/h9-12,14H,6-8H2,1-5H3/t11-,12+,14+/m0/s1. The van der Waals surface area contributed by atoms with Crippen LogP contribution in [0.25, 0.3) is 0 Å². The van der Waals surface area contributed by atoms with E-state index in [9.17, 15) is 4.79 Å². The molecule has 2 aliphatic rings. The summed E-state index contributed by atoms with van der Waals surface area (Å²) in [7, 11) is -1.76. The van der Waals surface area contributed by atoms with Crippen molar-refractivity contribution in [1.82, 2.24) is 0 Å². The molecule has 0 amide bonds. The fraction of sp³-hybridized carbons (Fsp3) is 0.800. The summed E-state index contributed by atoms with van der Waals surface area (Å²) in [5.74, 6) is -0.743. The van der Waals surface area contributed by atoms with Gasteiger partial charge < -0.3 is 13.9 Å². The van der Waals surface area contributed by atoms with Crippen LogP contribution in [-0.4, -0.2) is 38.2 Å². The van der Waals surface area contributed by atoms with Gasteiger partial charge in [0.2, 0.25) is 0 Å². The van der Waals surface area contributed by atoms with E-state index in [1.165, 1.54) is 0 Å². The van der Waals surface area contributed by atoms with E-state index in [0.29, 0.717) is 0 Å². The lowest BCUT2D eigenvalue weighted by atomic mass is 9.95. The largest absolute Gasteiger partial charge is 0.407 e. The van der Waals surface area contributed by atoms with Gasteiger partial charge >= 0.3 is 0 Å². The lowest BCUT2D eigenvalue weighted by molar-refractivity contribution is -0.283. The van der Waals surface area contributed by atoms with Crippen LogP contribution in [0.2, 0.25) is 18.1 Å². The molecule has 1 aliphatic carbocycles. The molecule has 5 heteroatoms. The van der Waals surface area contributed by atoms with Gasteiger partial charge in [0.1, 0.15) is 6.10 Å². The highest BCUT2D eigenvalue weighted by Gasteiger charge is 2.48. The molecule has 0 radical (unpaired) electrons. The molecule has 2 rings (SSSR count). The van der Waals surface area contributed by atoms with Crippen LogP contribution in [0.15, 0.2) is 12.2 Å². The molecule has 0 aromatic rings. The van der Waals surface area contributed by atoms with Crippen LogP contribution in [-0.2, 0) is 18.7 Å². The van der Waals surface area contributed by atoms with E-state index >= 15 is 0 Å². The summed E-state index contributed by atoms with van der Waals surface area (Å²) >= 11 is 0. The molecule has 0 aromatic heterocycles. The number of ketones is 1. The second-order valence-electron chi connectivity index (χ2n) is 6.09. The smallest absolute Gasteiger partial charge is 0.197 e. The molecule has 0 saturated carbocycles. The summed E-state index contributed by atoms with van der Waals surface area (Å²) in [6, 6.07) is 3.19. The minimum atomic E-state index is -1.76. The Hall–Kier alpha value is -0.493. The normalized spacial score (nSPS) is 32.5.